The third kappa shape index (κ3) is 6.75. The molecule has 0 fully saturated rings. The fraction of sp³-hybridized carbons (Fsp3) is 0.258. The Kier molecular flexibility index (Phi) is 8.68. The highest BCUT2D eigenvalue weighted by Crippen LogP contribution is 2.37. The number of halogens is 1. The van der Waals surface area contributed by atoms with Crippen LogP contribution in [0.15, 0.2) is 71.9 Å². The van der Waals surface area contributed by atoms with E-state index in [4.69, 9.17) is 30.5 Å². The largest absolute Gasteiger partial charge is 0.488 e. The third-order valence-electron chi connectivity index (χ3n) is 6.76. The summed E-state index contributed by atoms with van der Waals surface area (Å²) in [5, 5.41) is 3.58. The van der Waals surface area contributed by atoms with Crippen LogP contribution < -0.4 is 24.3 Å². The second-order valence-corrected chi connectivity index (χ2v) is 12.2. The van der Waals surface area contributed by atoms with Crippen molar-refractivity contribution in [2.45, 2.75) is 31.6 Å². The Labute approximate surface area is 245 Å². The van der Waals surface area contributed by atoms with E-state index < -0.39 is 9.84 Å². The lowest BCUT2D eigenvalue weighted by atomic mass is 9.96. The molecule has 3 aromatic carbocycles. The van der Waals surface area contributed by atoms with Gasteiger partial charge >= 0.3 is 0 Å². The quantitative estimate of drug-likeness (QED) is 0.247. The van der Waals surface area contributed by atoms with Gasteiger partial charge in [0.1, 0.15) is 37.9 Å². The average Bonchev–Trinajstić information content (AvgIpc) is 2.96. The average molecular weight is 595 g/mol. The predicted octanol–water partition coefficient (Wildman–Crippen LogP) is 5.76. The zero-order chi connectivity index (χ0) is 29.0. The van der Waals surface area contributed by atoms with Crippen LogP contribution in [0.25, 0.3) is 11.1 Å². The Morgan fingerprint density at radius 3 is 2.49 bits per heavy atom. The van der Waals surface area contributed by atoms with Crippen molar-refractivity contribution in [3.63, 3.8) is 0 Å². The van der Waals surface area contributed by atoms with Crippen molar-refractivity contribution < 1.29 is 27.4 Å². The number of hydrogen-bond acceptors (Lipinski definition) is 8. The van der Waals surface area contributed by atoms with E-state index in [1.165, 1.54) is 6.20 Å². The van der Waals surface area contributed by atoms with Crippen LogP contribution in [0, 0.1) is 6.92 Å². The minimum atomic E-state index is -3.38. The van der Waals surface area contributed by atoms with Gasteiger partial charge in [0, 0.05) is 42.4 Å². The fourth-order valence-corrected chi connectivity index (χ4v) is 5.43. The third-order valence-corrected chi connectivity index (χ3v) is 8.13. The van der Waals surface area contributed by atoms with Crippen LogP contribution in [0.1, 0.15) is 22.3 Å². The number of aromatic nitrogens is 1. The fourth-order valence-electron chi connectivity index (χ4n) is 4.57. The number of rotatable bonds is 10. The van der Waals surface area contributed by atoms with E-state index in [1.54, 1.807) is 18.3 Å². The van der Waals surface area contributed by atoms with E-state index >= 15 is 0 Å². The standard InChI is InChI=1S/C31H31ClN2O6S/c1-20-23(5-4-6-26(20)22-7-8-28-31(13-22)38-10-9-37-28)19-40-30-14-29(24(16-33-2)12-27(30)32)39-18-21-11-25(17-34-15-21)41(3,35)36/h4-8,11-15,17,33H,9-10,16,18-19H2,1-3H3. The van der Waals surface area contributed by atoms with Crippen LogP contribution in [-0.4, -0.2) is 39.9 Å². The van der Waals surface area contributed by atoms with Gasteiger partial charge in [-0.15, -0.1) is 0 Å². The molecule has 1 N–H and O–H groups in total. The summed E-state index contributed by atoms with van der Waals surface area (Å²) in [4.78, 5) is 4.19. The van der Waals surface area contributed by atoms with Crippen molar-refractivity contribution in [3.8, 4) is 34.1 Å². The van der Waals surface area contributed by atoms with Crippen molar-refractivity contribution >= 4 is 21.4 Å². The minimum absolute atomic E-state index is 0.130. The molecule has 1 aliphatic rings. The maximum Gasteiger partial charge on any atom is 0.177 e. The SMILES string of the molecule is CNCc1cc(Cl)c(OCc2cccc(-c3ccc4c(c3)OCCO4)c2C)cc1OCc1cncc(S(C)(=O)=O)c1. The van der Waals surface area contributed by atoms with E-state index in [0.29, 0.717) is 48.5 Å². The first-order valence-corrected chi connectivity index (χ1v) is 15.3. The number of hydrogen-bond donors (Lipinski definition) is 1. The van der Waals surface area contributed by atoms with Gasteiger partial charge in [0.15, 0.2) is 21.3 Å². The first-order chi connectivity index (χ1) is 19.7. The summed E-state index contributed by atoms with van der Waals surface area (Å²) in [6, 6.07) is 17.2. The van der Waals surface area contributed by atoms with E-state index in [1.807, 2.05) is 43.4 Å². The molecule has 0 aliphatic carbocycles. The molecule has 0 atom stereocenters. The van der Waals surface area contributed by atoms with Gasteiger partial charge in [-0.25, -0.2) is 8.42 Å². The van der Waals surface area contributed by atoms with Gasteiger partial charge in [0.2, 0.25) is 0 Å². The molecule has 5 rings (SSSR count). The van der Waals surface area contributed by atoms with E-state index in [-0.39, 0.29) is 11.5 Å². The molecule has 4 aromatic rings. The molecule has 2 heterocycles. The second-order valence-electron chi connectivity index (χ2n) is 9.75. The zero-order valence-corrected chi connectivity index (χ0v) is 24.6. The first-order valence-electron chi connectivity index (χ1n) is 13.1. The van der Waals surface area contributed by atoms with Crippen LogP contribution in [0.4, 0.5) is 0 Å². The number of ether oxygens (including phenoxy) is 4. The zero-order valence-electron chi connectivity index (χ0n) is 23.1. The Bertz CT molecular complexity index is 1680. The lowest BCUT2D eigenvalue weighted by Gasteiger charge is -2.20. The normalized spacial score (nSPS) is 12.7. The second kappa shape index (κ2) is 12.4. The summed E-state index contributed by atoms with van der Waals surface area (Å²) in [6.07, 6.45) is 4.05. The molecule has 0 bridgehead atoms. The molecule has 8 nitrogen and oxygen atoms in total. The van der Waals surface area contributed by atoms with Crippen molar-refractivity contribution in [1.29, 1.82) is 0 Å². The molecule has 0 spiro atoms. The van der Waals surface area contributed by atoms with E-state index in [0.717, 1.165) is 45.6 Å². The maximum absolute atomic E-state index is 11.9. The summed E-state index contributed by atoms with van der Waals surface area (Å²) in [5.74, 6) is 2.56. The van der Waals surface area contributed by atoms with Crippen LogP contribution in [0.2, 0.25) is 5.02 Å². The van der Waals surface area contributed by atoms with Crippen LogP contribution >= 0.6 is 11.6 Å². The van der Waals surface area contributed by atoms with E-state index in [9.17, 15) is 8.42 Å². The number of pyridine rings is 1. The van der Waals surface area contributed by atoms with Crippen molar-refractivity contribution in [2.75, 3.05) is 26.5 Å². The predicted molar refractivity (Wildman–Crippen MR) is 158 cm³/mol. The Hall–Kier alpha value is -3.79. The van der Waals surface area contributed by atoms with Crippen LogP contribution in [0.5, 0.6) is 23.0 Å². The molecule has 1 aromatic heterocycles. The lowest BCUT2D eigenvalue weighted by Crippen LogP contribution is -2.15. The molecule has 41 heavy (non-hydrogen) atoms. The van der Waals surface area contributed by atoms with Gasteiger partial charge in [0.05, 0.1) is 9.92 Å². The van der Waals surface area contributed by atoms with Crippen molar-refractivity contribution in [1.82, 2.24) is 10.3 Å². The molecule has 10 heteroatoms. The molecule has 214 valence electrons. The lowest BCUT2D eigenvalue weighted by molar-refractivity contribution is 0.171. The molecule has 0 saturated carbocycles. The summed E-state index contributed by atoms with van der Waals surface area (Å²) < 4.78 is 47.6. The van der Waals surface area contributed by atoms with Gasteiger partial charge in [-0.2, -0.15) is 0 Å². The maximum atomic E-state index is 11.9. The topological polar surface area (TPSA) is 96.0 Å². The molecule has 0 amide bonds. The highest BCUT2D eigenvalue weighted by atomic mass is 35.5. The number of benzene rings is 3. The smallest absolute Gasteiger partial charge is 0.177 e. The minimum Gasteiger partial charge on any atom is -0.488 e. The van der Waals surface area contributed by atoms with Gasteiger partial charge in [-0.1, -0.05) is 35.9 Å². The number of nitrogens with one attached hydrogen (secondary N) is 1. The van der Waals surface area contributed by atoms with Gasteiger partial charge in [0.25, 0.3) is 0 Å². The van der Waals surface area contributed by atoms with Gasteiger partial charge in [-0.05, 0) is 60.5 Å². The molecule has 0 saturated heterocycles. The summed E-state index contributed by atoms with van der Waals surface area (Å²) in [5.41, 5.74) is 5.68. The number of sulfone groups is 1. The summed E-state index contributed by atoms with van der Waals surface area (Å²) in [6.45, 7) is 4.10. The Morgan fingerprint density at radius 2 is 1.71 bits per heavy atom. The monoisotopic (exact) mass is 594 g/mol. The van der Waals surface area contributed by atoms with Crippen molar-refractivity contribution in [3.05, 3.63) is 94.3 Å². The van der Waals surface area contributed by atoms with E-state index in [2.05, 4.69) is 23.3 Å². The highest BCUT2D eigenvalue weighted by Gasteiger charge is 2.16. The molecular weight excluding hydrogens is 564 g/mol. The number of fused-ring (bicyclic) bond motifs is 1. The highest BCUT2D eigenvalue weighted by molar-refractivity contribution is 7.90. The number of nitrogens with zero attached hydrogens (tertiary/aromatic N) is 1. The van der Waals surface area contributed by atoms with Gasteiger partial charge in [-0.3, -0.25) is 4.98 Å². The molecule has 0 radical (unpaired) electrons. The van der Waals surface area contributed by atoms with Crippen LogP contribution in [0.3, 0.4) is 0 Å². The molecule has 1 aliphatic heterocycles. The first kappa shape index (κ1) is 28.7. The van der Waals surface area contributed by atoms with Crippen LogP contribution in [-0.2, 0) is 29.6 Å². The van der Waals surface area contributed by atoms with Crippen molar-refractivity contribution in [2.24, 2.45) is 0 Å². The molecule has 0 unspecified atom stereocenters. The Balaban J connectivity index is 1.35. The summed E-state index contributed by atoms with van der Waals surface area (Å²) in [7, 11) is -1.54. The Morgan fingerprint density at radius 1 is 0.927 bits per heavy atom. The van der Waals surface area contributed by atoms with Gasteiger partial charge < -0.3 is 24.3 Å². The molecular formula is C31H31ClN2O6S. The summed E-state index contributed by atoms with van der Waals surface area (Å²) >= 11 is 6.62.